The van der Waals surface area contributed by atoms with Crippen LogP contribution in [0.4, 0.5) is 0 Å². The summed E-state index contributed by atoms with van der Waals surface area (Å²) in [5.41, 5.74) is 0.752. The lowest BCUT2D eigenvalue weighted by Gasteiger charge is -2.28. The Hall–Kier alpha value is -2.45. The summed E-state index contributed by atoms with van der Waals surface area (Å²) >= 11 is 5.85. The summed E-state index contributed by atoms with van der Waals surface area (Å²) in [7, 11) is 0. The molecule has 1 aromatic heterocycles. The molecule has 9 heteroatoms. The van der Waals surface area contributed by atoms with Gasteiger partial charge in [0.1, 0.15) is 6.04 Å². The molecule has 1 aliphatic rings. The number of hydrogen-bond acceptors (Lipinski definition) is 6. The van der Waals surface area contributed by atoms with Crippen molar-refractivity contribution < 1.29 is 24.0 Å². The van der Waals surface area contributed by atoms with Crippen LogP contribution in [-0.4, -0.2) is 46.4 Å². The molecule has 27 heavy (non-hydrogen) atoms. The van der Waals surface area contributed by atoms with Crippen molar-refractivity contribution in [1.29, 1.82) is 0 Å². The topological polar surface area (TPSA) is 115 Å². The molecule has 0 bridgehead atoms. The number of carbonyl (C=O) groups is 2. The Morgan fingerprint density at radius 1 is 1.33 bits per heavy atom. The molecule has 8 nitrogen and oxygen atoms in total. The number of aryl methyl sites for hydroxylation is 1. The van der Waals surface area contributed by atoms with Gasteiger partial charge in [0.2, 0.25) is 17.6 Å². The smallest absolute Gasteiger partial charge is 0.326 e. The van der Waals surface area contributed by atoms with Gasteiger partial charge in [-0.15, -0.1) is 0 Å². The van der Waals surface area contributed by atoms with Gasteiger partial charge in [-0.05, 0) is 37.1 Å². The van der Waals surface area contributed by atoms with Gasteiger partial charge in [0, 0.05) is 36.0 Å². The number of aromatic nitrogens is 2. The van der Waals surface area contributed by atoms with Gasteiger partial charge in [0.25, 0.3) is 0 Å². The fourth-order valence-corrected chi connectivity index (χ4v) is 3.07. The number of amides is 1. The SMILES string of the molecule is O=C(CCc1nc(-c2ccc(Cl)cc2)no1)NC(C(=O)O)C1CCCOC1. The van der Waals surface area contributed by atoms with Crippen molar-refractivity contribution in [3.8, 4) is 11.4 Å². The van der Waals surface area contributed by atoms with E-state index in [-0.39, 0.29) is 24.7 Å². The van der Waals surface area contributed by atoms with Crippen molar-refractivity contribution in [2.75, 3.05) is 13.2 Å². The summed E-state index contributed by atoms with van der Waals surface area (Å²) in [5, 5.41) is 16.5. The van der Waals surface area contributed by atoms with E-state index in [1.165, 1.54) is 0 Å². The van der Waals surface area contributed by atoms with Gasteiger partial charge >= 0.3 is 5.97 Å². The Labute approximate surface area is 160 Å². The Morgan fingerprint density at radius 2 is 2.11 bits per heavy atom. The van der Waals surface area contributed by atoms with Crippen LogP contribution < -0.4 is 5.32 Å². The fraction of sp³-hybridized carbons (Fsp3) is 0.444. The van der Waals surface area contributed by atoms with Crippen LogP contribution in [0.1, 0.15) is 25.2 Å². The van der Waals surface area contributed by atoms with Crippen molar-refractivity contribution in [1.82, 2.24) is 15.5 Å². The first kappa shape index (κ1) is 19.3. The second kappa shape index (κ2) is 8.96. The van der Waals surface area contributed by atoms with E-state index in [1.54, 1.807) is 24.3 Å². The number of nitrogens with one attached hydrogen (secondary N) is 1. The van der Waals surface area contributed by atoms with Gasteiger partial charge in [-0.1, -0.05) is 16.8 Å². The number of carboxylic acid groups (broad SMARTS) is 1. The number of aliphatic carboxylic acids is 1. The van der Waals surface area contributed by atoms with Gasteiger partial charge < -0.3 is 19.7 Å². The molecule has 1 fully saturated rings. The highest BCUT2D eigenvalue weighted by Crippen LogP contribution is 2.20. The number of ether oxygens (including phenoxy) is 1. The Kier molecular flexibility index (Phi) is 6.41. The molecule has 1 amide bonds. The molecule has 0 aliphatic carbocycles. The lowest BCUT2D eigenvalue weighted by atomic mass is 9.93. The number of benzene rings is 1. The third-order valence-electron chi connectivity index (χ3n) is 4.39. The first-order valence-electron chi connectivity index (χ1n) is 8.71. The third kappa shape index (κ3) is 5.27. The van der Waals surface area contributed by atoms with E-state index >= 15 is 0 Å². The molecule has 1 aliphatic heterocycles. The van der Waals surface area contributed by atoms with Crippen molar-refractivity contribution in [3.63, 3.8) is 0 Å². The third-order valence-corrected chi connectivity index (χ3v) is 4.64. The second-order valence-corrected chi connectivity index (χ2v) is 6.82. The van der Waals surface area contributed by atoms with Gasteiger partial charge in [-0.2, -0.15) is 4.98 Å². The molecule has 2 heterocycles. The zero-order valence-corrected chi connectivity index (χ0v) is 15.3. The predicted octanol–water partition coefficient (Wildman–Crippen LogP) is 2.32. The van der Waals surface area contributed by atoms with Crippen molar-refractivity contribution in [2.24, 2.45) is 5.92 Å². The number of hydrogen-bond donors (Lipinski definition) is 2. The Bertz CT molecular complexity index is 787. The summed E-state index contributed by atoms with van der Waals surface area (Å²) < 4.78 is 10.5. The molecule has 2 unspecified atom stereocenters. The average Bonchev–Trinajstić information content (AvgIpc) is 3.14. The van der Waals surface area contributed by atoms with Crippen LogP contribution in [0.2, 0.25) is 5.02 Å². The second-order valence-electron chi connectivity index (χ2n) is 6.38. The van der Waals surface area contributed by atoms with E-state index in [4.69, 9.17) is 20.9 Å². The summed E-state index contributed by atoms with van der Waals surface area (Å²) in [4.78, 5) is 27.9. The molecule has 0 radical (unpaired) electrons. The first-order chi connectivity index (χ1) is 13.0. The molecule has 0 spiro atoms. The standard InChI is InChI=1S/C18H20ClN3O5/c19-13-5-3-11(4-6-13)17-21-15(27-22-17)8-7-14(23)20-16(18(24)25)12-2-1-9-26-10-12/h3-6,12,16H,1-2,7-10H2,(H,20,23)(H,24,25). The minimum atomic E-state index is -1.05. The molecular weight excluding hydrogens is 374 g/mol. The number of nitrogens with zero attached hydrogens (tertiary/aromatic N) is 2. The van der Waals surface area contributed by atoms with Crippen LogP contribution in [0.15, 0.2) is 28.8 Å². The van der Waals surface area contributed by atoms with Crippen LogP contribution in [-0.2, 0) is 20.7 Å². The fourth-order valence-electron chi connectivity index (χ4n) is 2.95. The molecule has 3 rings (SSSR count). The molecule has 2 aromatic rings. The van der Waals surface area contributed by atoms with Crippen LogP contribution in [0.3, 0.4) is 0 Å². The number of halogens is 1. The van der Waals surface area contributed by atoms with E-state index in [0.29, 0.717) is 36.4 Å². The molecular formula is C18H20ClN3O5. The number of rotatable bonds is 7. The van der Waals surface area contributed by atoms with Crippen LogP contribution in [0.25, 0.3) is 11.4 Å². The highest BCUT2D eigenvalue weighted by atomic mass is 35.5. The van der Waals surface area contributed by atoms with E-state index in [1.807, 2.05) is 0 Å². The summed E-state index contributed by atoms with van der Waals surface area (Å²) in [6.45, 7) is 0.968. The van der Waals surface area contributed by atoms with Gasteiger partial charge in [0.15, 0.2) is 0 Å². The largest absolute Gasteiger partial charge is 0.480 e. The van der Waals surface area contributed by atoms with E-state index in [2.05, 4.69) is 15.5 Å². The maximum atomic E-state index is 12.2. The Balaban J connectivity index is 1.54. The molecule has 2 atom stereocenters. The minimum absolute atomic E-state index is 0.0552. The quantitative estimate of drug-likeness (QED) is 0.741. The normalized spacial score (nSPS) is 18.0. The van der Waals surface area contributed by atoms with E-state index in [9.17, 15) is 14.7 Å². The first-order valence-corrected chi connectivity index (χ1v) is 9.09. The monoisotopic (exact) mass is 393 g/mol. The summed E-state index contributed by atoms with van der Waals surface area (Å²) in [6.07, 6.45) is 1.78. The van der Waals surface area contributed by atoms with E-state index < -0.39 is 12.0 Å². The molecule has 2 N–H and O–H groups in total. The van der Waals surface area contributed by atoms with Gasteiger partial charge in [-0.3, -0.25) is 4.79 Å². The summed E-state index contributed by atoms with van der Waals surface area (Å²) in [6, 6.07) is 6.04. The predicted molar refractivity (Wildman–Crippen MR) is 96.2 cm³/mol. The maximum absolute atomic E-state index is 12.2. The minimum Gasteiger partial charge on any atom is -0.480 e. The van der Waals surface area contributed by atoms with Crippen LogP contribution >= 0.6 is 11.6 Å². The van der Waals surface area contributed by atoms with Crippen molar-refractivity contribution in [2.45, 2.75) is 31.7 Å². The molecule has 1 saturated heterocycles. The van der Waals surface area contributed by atoms with Crippen LogP contribution in [0.5, 0.6) is 0 Å². The van der Waals surface area contributed by atoms with Crippen molar-refractivity contribution >= 4 is 23.5 Å². The maximum Gasteiger partial charge on any atom is 0.326 e. The highest BCUT2D eigenvalue weighted by Gasteiger charge is 2.31. The van der Waals surface area contributed by atoms with E-state index in [0.717, 1.165) is 12.0 Å². The molecule has 1 aromatic carbocycles. The Morgan fingerprint density at radius 3 is 2.78 bits per heavy atom. The number of carbonyl (C=O) groups excluding carboxylic acids is 1. The summed E-state index contributed by atoms with van der Waals surface area (Å²) in [5.74, 6) is -0.936. The molecule has 0 saturated carbocycles. The van der Waals surface area contributed by atoms with Gasteiger partial charge in [-0.25, -0.2) is 4.79 Å². The molecule has 144 valence electrons. The lowest BCUT2D eigenvalue weighted by molar-refractivity contribution is -0.145. The lowest BCUT2D eigenvalue weighted by Crippen LogP contribution is -2.48. The van der Waals surface area contributed by atoms with Gasteiger partial charge in [0.05, 0.1) is 6.61 Å². The average molecular weight is 394 g/mol. The number of carboxylic acids is 1. The van der Waals surface area contributed by atoms with Crippen molar-refractivity contribution in [3.05, 3.63) is 35.2 Å². The zero-order chi connectivity index (χ0) is 19.2. The zero-order valence-electron chi connectivity index (χ0n) is 14.6. The van der Waals surface area contributed by atoms with Crippen LogP contribution in [0, 0.1) is 5.92 Å². The highest BCUT2D eigenvalue weighted by molar-refractivity contribution is 6.30.